The summed E-state index contributed by atoms with van der Waals surface area (Å²) >= 11 is 6.13. The van der Waals surface area contributed by atoms with Gasteiger partial charge in [0.15, 0.2) is 5.58 Å². The second kappa shape index (κ2) is 6.88. The molecular weight excluding hydrogens is 354 g/mol. The van der Waals surface area contributed by atoms with Gasteiger partial charge < -0.3 is 19.4 Å². The number of hydrogen-bond donors (Lipinski definition) is 1. The van der Waals surface area contributed by atoms with Gasteiger partial charge in [0.1, 0.15) is 17.3 Å². The number of fused-ring (bicyclic) bond motifs is 1. The van der Waals surface area contributed by atoms with Gasteiger partial charge in [-0.15, -0.1) is 0 Å². The number of benzene rings is 2. The van der Waals surface area contributed by atoms with Crippen molar-refractivity contribution in [3.8, 4) is 5.75 Å². The standard InChI is InChI=1S/C19H18ClN3O3/c1-25-16-9-8-12(11-13(16)20)21-18(24)15-6-4-10-23(15)19-22-14-5-2-3-7-17(14)26-19/h2-3,5,7-9,11,15H,4,6,10H2,1H3,(H,21,24). The molecule has 3 aromatic rings. The molecule has 1 unspecified atom stereocenters. The summed E-state index contributed by atoms with van der Waals surface area (Å²) in [5.41, 5.74) is 2.14. The highest BCUT2D eigenvalue weighted by Gasteiger charge is 2.33. The van der Waals surface area contributed by atoms with E-state index < -0.39 is 0 Å². The molecule has 7 heteroatoms. The summed E-state index contributed by atoms with van der Waals surface area (Å²) in [6, 6.07) is 12.9. The van der Waals surface area contributed by atoms with Crippen molar-refractivity contribution in [1.82, 2.24) is 4.98 Å². The highest BCUT2D eigenvalue weighted by Crippen LogP contribution is 2.30. The number of ether oxygens (including phenoxy) is 1. The van der Waals surface area contributed by atoms with Crippen molar-refractivity contribution in [3.63, 3.8) is 0 Å². The van der Waals surface area contributed by atoms with Crippen molar-refractivity contribution in [3.05, 3.63) is 47.5 Å². The topological polar surface area (TPSA) is 67.6 Å². The molecule has 1 saturated heterocycles. The summed E-state index contributed by atoms with van der Waals surface area (Å²) < 4.78 is 11.0. The number of halogens is 1. The number of nitrogens with zero attached hydrogens (tertiary/aromatic N) is 2. The first-order chi connectivity index (χ1) is 12.7. The zero-order valence-electron chi connectivity index (χ0n) is 14.2. The second-order valence-corrected chi connectivity index (χ2v) is 6.56. The summed E-state index contributed by atoms with van der Waals surface area (Å²) in [4.78, 5) is 19.2. The van der Waals surface area contributed by atoms with Crippen molar-refractivity contribution in [2.45, 2.75) is 18.9 Å². The predicted octanol–water partition coefficient (Wildman–Crippen LogP) is 4.10. The van der Waals surface area contributed by atoms with Crippen LogP contribution in [0, 0.1) is 0 Å². The second-order valence-electron chi connectivity index (χ2n) is 6.15. The van der Waals surface area contributed by atoms with Gasteiger partial charge >= 0.3 is 0 Å². The van der Waals surface area contributed by atoms with Crippen LogP contribution >= 0.6 is 11.6 Å². The predicted molar refractivity (Wildman–Crippen MR) is 101 cm³/mol. The fraction of sp³-hybridized carbons (Fsp3) is 0.263. The number of amides is 1. The Hall–Kier alpha value is -2.73. The molecule has 4 rings (SSSR count). The fourth-order valence-corrected chi connectivity index (χ4v) is 3.48. The van der Waals surface area contributed by atoms with Crippen LogP contribution in [0.3, 0.4) is 0 Å². The van der Waals surface area contributed by atoms with Crippen molar-refractivity contribution in [2.75, 3.05) is 23.9 Å². The molecule has 6 nitrogen and oxygen atoms in total. The van der Waals surface area contributed by atoms with Crippen LogP contribution in [0.2, 0.25) is 5.02 Å². The molecule has 1 aliphatic heterocycles. The maximum atomic E-state index is 12.8. The molecule has 1 aliphatic rings. The first-order valence-corrected chi connectivity index (χ1v) is 8.80. The van der Waals surface area contributed by atoms with Crippen LogP contribution in [0.1, 0.15) is 12.8 Å². The van der Waals surface area contributed by atoms with Crippen molar-refractivity contribution < 1.29 is 13.9 Å². The number of methoxy groups -OCH3 is 1. The van der Waals surface area contributed by atoms with E-state index in [1.807, 2.05) is 29.2 Å². The van der Waals surface area contributed by atoms with E-state index in [0.29, 0.717) is 22.5 Å². The Labute approximate surface area is 155 Å². The van der Waals surface area contributed by atoms with Crippen LogP contribution in [0.5, 0.6) is 5.75 Å². The third-order valence-electron chi connectivity index (χ3n) is 4.50. The number of carbonyl (C=O) groups excluding carboxylic acids is 1. The SMILES string of the molecule is COc1ccc(NC(=O)C2CCCN2c2nc3ccccc3o2)cc1Cl. The minimum atomic E-state index is -0.330. The van der Waals surface area contributed by atoms with Gasteiger partial charge in [-0.25, -0.2) is 0 Å². The zero-order valence-corrected chi connectivity index (χ0v) is 15.0. The first kappa shape index (κ1) is 16.7. The molecule has 0 spiro atoms. The van der Waals surface area contributed by atoms with E-state index in [4.69, 9.17) is 20.8 Å². The van der Waals surface area contributed by atoms with Gasteiger partial charge in [0.2, 0.25) is 5.91 Å². The van der Waals surface area contributed by atoms with Crippen molar-refractivity contribution in [2.24, 2.45) is 0 Å². The van der Waals surface area contributed by atoms with E-state index in [1.165, 1.54) is 0 Å². The van der Waals surface area contributed by atoms with E-state index in [9.17, 15) is 4.79 Å². The maximum Gasteiger partial charge on any atom is 0.299 e. The van der Waals surface area contributed by atoms with E-state index >= 15 is 0 Å². The molecule has 0 bridgehead atoms. The Bertz CT molecular complexity index is 923. The molecule has 1 aromatic heterocycles. The number of carbonyl (C=O) groups is 1. The van der Waals surface area contributed by atoms with Gasteiger partial charge in [0.05, 0.1) is 12.1 Å². The summed E-state index contributed by atoms with van der Waals surface area (Å²) in [7, 11) is 1.55. The fourth-order valence-electron chi connectivity index (χ4n) is 3.22. The molecule has 1 atom stereocenters. The zero-order chi connectivity index (χ0) is 18.1. The Balaban J connectivity index is 1.54. The molecule has 0 saturated carbocycles. The lowest BCUT2D eigenvalue weighted by Crippen LogP contribution is -2.39. The molecule has 1 amide bonds. The number of nitrogens with one attached hydrogen (secondary N) is 1. The average molecular weight is 372 g/mol. The van der Waals surface area contributed by atoms with Crippen LogP contribution in [0.15, 0.2) is 46.9 Å². The number of anilines is 2. The average Bonchev–Trinajstić information content (AvgIpc) is 3.28. The van der Waals surface area contributed by atoms with Crippen LogP contribution in [-0.2, 0) is 4.79 Å². The van der Waals surface area contributed by atoms with E-state index in [1.54, 1.807) is 25.3 Å². The van der Waals surface area contributed by atoms with Crippen LogP contribution < -0.4 is 15.0 Å². The highest BCUT2D eigenvalue weighted by molar-refractivity contribution is 6.32. The van der Waals surface area contributed by atoms with Crippen molar-refractivity contribution in [1.29, 1.82) is 0 Å². The highest BCUT2D eigenvalue weighted by atomic mass is 35.5. The smallest absolute Gasteiger partial charge is 0.299 e. The Morgan fingerprint density at radius 2 is 2.19 bits per heavy atom. The van der Waals surface area contributed by atoms with Crippen LogP contribution in [-0.4, -0.2) is 30.6 Å². The Morgan fingerprint density at radius 3 is 2.96 bits per heavy atom. The van der Waals surface area contributed by atoms with Gasteiger partial charge in [0.25, 0.3) is 6.01 Å². The van der Waals surface area contributed by atoms with Gasteiger partial charge in [-0.3, -0.25) is 4.79 Å². The lowest BCUT2D eigenvalue weighted by atomic mass is 10.2. The third kappa shape index (κ3) is 3.08. The number of hydrogen-bond acceptors (Lipinski definition) is 5. The molecule has 26 heavy (non-hydrogen) atoms. The lowest BCUT2D eigenvalue weighted by Gasteiger charge is -2.22. The van der Waals surface area contributed by atoms with Gasteiger partial charge in [0, 0.05) is 12.2 Å². The summed E-state index contributed by atoms with van der Waals surface area (Å²) in [5.74, 6) is 0.463. The molecule has 1 fully saturated rings. The number of oxazole rings is 1. The lowest BCUT2D eigenvalue weighted by molar-refractivity contribution is -0.117. The Morgan fingerprint density at radius 1 is 1.35 bits per heavy atom. The number of aromatic nitrogens is 1. The van der Waals surface area contributed by atoms with E-state index in [-0.39, 0.29) is 11.9 Å². The summed E-state index contributed by atoms with van der Waals surface area (Å²) in [6.45, 7) is 0.730. The molecule has 134 valence electrons. The molecule has 0 radical (unpaired) electrons. The molecule has 0 aliphatic carbocycles. The minimum Gasteiger partial charge on any atom is -0.495 e. The van der Waals surface area contributed by atoms with Crippen LogP contribution in [0.4, 0.5) is 11.7 Å². The van der Waals surface area contributed by atoms with Gasteiger partial charge in [-0.1, -0.05) is 23.7 Å². The van der Waals surface area contributed by atoms with Crippen LogP contribution in [0.25, 0.3) is 11.1 Å². The number of rotatable bonds is 4. The van der Waals surface area contributed by atoms with Gasteiger partial charge in [-0.2, -0.15) is 4.98 Å². The largest absolute Gasteiger partial charge is 0.495 e. The van der Waals surface area contributed by atoms with E-state index in [2.05, 4.69) is 10.3 Å². The maximum absolute atomic E-state index is 12.8. The monoisotopic (exact) mass is 371 g/mol. The number of para-hydroxylation sites is 2. The summed E-state index contributed by atoms with van der Waals surface area (Å²) in [6.07, 6.45) is 1.65. The quantitative estimate of drug-likeness (QED) is 0.747. The molecule has 1 N–H and O–H groups in total. The molecule has 2 heterocycles. The van der Waals surface area contributed by atoms with Crippen molar-refractivity contribution >= 4 is 40.3 Å². The molecular formula is C19H18ClN3O3. The molecule has 2 aromatic carbocycles. The van der Waals surface area contributed by atoms with E-state index in [0.717, 1.165) is 30.5 Å². The summed E-state index contributed by atoms with van der Waals surface area (Å²) in [5, 5.41) is 3.37. The third-order valence-corrected chi connectivity index (χ3v) is 4.80. The first-order valence-electron chi connectivity index (χ1n) is 8.42. The van der Waals surface area contributed by atoms with Gasteiger partial charge in [-0.05, 0) is 43.2 Å². The normalized spacial score (nSPS) is 16.8. The Kier molecular flexibility index (Phi) is 4.42. The minimum absolute atomic E-state index is 0.106.